The third-order valence-corrected chi connectivity index (χ3v) is 0.558. The van der Waals surface area contributed by atoms with Crippen molar-refractivity contribution in [2.75, 3.05) is 0 Å². The first kappa shape index (κ1) is 3.55. The van der Waals surface area contributed by atoms with E-state index in [0.29, 0.717) is 5.05 Å². The van der Waals surface area contributed by atoms with E-state index in [4.69, 9.17) is 0 Å². The summed E-state index contributed by atoms with van der Waals surface area (Å²) in [6.07, 6.45) is 1.43. The molecule has 0 unspecified atom stereocenters. The number of thiocarbonyl (C=S) groups is 1. The van der Waals surface area contributed by atoms with Crippen LogP contribution in [-0.2, 0) is 4.84 Å². The smallest absolute Gasteiger partial charge is 0.311 e. The maximum absolute atomic E-state index is 4.48. The van der Waals surface area contributed by atoms with Crippen LogP contribution >= 0.6 is 12.2 Å². The molecule has 1 aliphatic heterocycles. The zero-order valence-electron chi connectivity index (χ0n) is 2.84. The lowest BCUT2D eigenvalue weighted by Gasteiger charge is -1.74. The molecule has 0 fully saturated rings. The Labute approximate surface area is 39.9 Å². The minimum absolute atomic E-state index is 0.384. The molecular formula is C2H2N2OS+. The molecule has 31 valence electrons. The molecule has 0 aromatic rings. The Kier molecular flexibility index (Phi) is 0.719. The normalized spacial score (nSPS) is 17.0. The van der Waals surface area contributed by atoms with Crippen LogP contribution in [0, 0.1) is 0 Å². The number of hydrogen-bond donors (Lipinski definition) is 1. The molecule has 0 bridgehead atoms. The van der Waals surface area contributed by atoms with E-state index in [0.717, 1.165) is 0 Å². The average Bonchev–Trinajstić information content (AvgIpc) is 1.86. The number of nitrogens with zero attached hydrogens (tertiary/aromatic N) is 1. The van der Waals surface area contributed by atoms with Gasteiger partial charge in [-0.3, -0.25) is 0 Å². The molecule has 3 nitrogen and oxygen atoms in total. The second kappa shape index (κ2) is 1.22. The number of hydrogen-bond acceptors (Lipinski definition) is 4. The molecule has 0 atom stereocenters. The van der Waals surface area contributed by atoms with Gasteiger partial charge in [-0.25, -0.2) is 0 Å². The summed E-state index contributed by atoms with van der Waals surface area (Å²) < 4.78 is 0. The third kappa shape index (κ3) is 0.463. The van der Waals surface area contributed by atoms with Gasteiger partial charge in [0.2, 0.25) is 5.10 Å². The van der Waals surface area contributed by atoms with Gasteiger partial charge in [-0.05, 0) is 12.2 Å². The molecule has 0 aliphatic carbocycles. The van der Waals surface area contributed by atoms with Gasteiger partial charge in [0.25, 0.3) is 5.05 Å². The Morgan fingerprint density at radius 3 is 3.00 bits per heavy atom. The fourth-order valence-corrected chi connectivity index (χ4v) is 0.267. The summed E-state index contributed by atoms with van der Waals surface area (Å²) >= 11 is 4.48. The van der Waals surface area contributed by atoms with E-state index >= 15 is 0 Å². The maximum atomic E-state index is 4.48. The van der Waals surface area contributed by atoms with Crippen LogP contribution in [0.4, 0.5) is 0 Å². The van der Waals surface area contributed by atoms with Crippen LogP contribution in [0.25, 0.3) is 0 Å². The highest BCUT2D eigenvalue weighted by Crippen LogP contribution is 1.72. The van der Waals surface area contributed by atoms with E-state index in [1.165, 1.54) is 6.21 Å². The Balaban J connectivity index is 2.59. The molecule has 1 heterocycles. The first-order chi connectivity index (χ1) is 2.89. The lowest BCUT2D eigenvalue weighted by Crippen LogP contribution is -2.07. The first-order valence-electron chi connectivity index (χ1n) is 1.38. The van der Waals surface area contributed by atoms with Gasteiger partial charge in [0, 0.05) is 5.59 Å². The van der Waals surface area contributed by atoms with Crippen molar-refractivity contribution in [3.05, 3.63) is 0 Å². The number of hydrazone groups is 1. The van der Waals surface area contributed by atoms with Crippen molar-refractivity contribution in [2.24, 2.45) is 0 Å². The van der Waals surface area contributed by atoms with Crippen LogP contribution in [0.5, 0.6) is 0 Å². The SMILES string of the molecule is S=C1C=[N+]NO1. The molecule has 1 aliphatic rings. The number of nitrogens with one attached hydrogen (secondary N) is 1. The van der Waals surface area contributed by atoms with Crippen molar-refractivity contribution < 1.29 is 4.84 Å². The van der Waals surface area contributed by atoms with Crippen molar-refractivity contribution >= 4 is 23.5 Å². The molecule has 4 heteroatoms. The Morgan fingerprint density at radius 1 is 2.00 bits per heavy atom. The summed E-state index contributed by atoms with van der Waals surface area (Å²) in [5, 5.41) is 3.81. The lowest BCUT2D eigenvalue weighted by atomic mass is 10.8. The van der Waals surface area contributed by atoms with E-state index in [1.54, 1.807) is 0 Å². The molecule has 0 amide bonds. The topological polar surface area (TPSA) is 35.4 Å². The van der Waals surface area contributed by atoms with Gasteiger partial charge >= 0.3 is 6.21 Å². The fourth-order valence-electron chi connectivity index (χ4n) is 0.177. The summed E-state index contributed by atoms with van der Waals surface area (Å²) in [5.41, 5.74) is 2.20. The minimum atomic E-state index is 0.384. The molecule has 6 heavy (non-hydrogen) atoms. The van der Waals surface area contributed by atoms with Crippen molar-refractivity contribution in [1.82, 2.24) is 10.7 Å². The van der Waals surface area contributed by atoms with Crippen LogP contribution < -0.4 is 10.7 Å². The Morgan fingerprint density at radius 2 is 2.83 bits per heavy atom. The van der Waals surface area contributed by atoms with Gasteiger partial charge in [0.15, 0.2) is 0 Å². The zero-order valence-corrected chi connectivity index (χ0v) is 3.66. The highest BCUT2D eigenvalue weighted by molar-refractivity contribution is 7.81. The molecule has 0 aromatic carbocycles. The van der Waals surface area contributed by atoms with Gasteiger partial charge < -0.3 is 4.84 Å². The van der Waals surface area contributed by atoms with Crippen LogP contribution in [0.1, 0.15) is 0 Å². The summed E-state index contributed by atoms with van der Waals surface area (Å²) in [4.78, 5) is 4.41. The summed E-state index contributed by atoms with van der Waals surface area (Å²) in [7, 11) is 0. The fraction of sp³-hybridized carbons (Fsp3) is 0. The second-order valence-electron chi connectivity index (χ2n) is 0.771. The van der Waals surface area contributed by atoms with Crippen molar-refractivity contribution in [3.8, 4) is 0 Å². The zero-order chi connectivity index (χ0) is 4.41. The molecule has 1 radical (unpaired) electrons. The minimum Gasteiger partial charge on any atom is -0.311 e. The van der Waals surface area contributed by atoms with Crippen molar-refractivity contribution in [2.45, 2.75) is 0 Å². The van der Waals surface area contributed by atoms with Crippen molar-refractivity contribution in [3.63, 3.8) is 0 Å². The van der Waals surface area contributed by atoms with E-state index in [-0.39, 0.29) is 0 Å². The van der Waals surface area contributed by atoms with Crippen LogP contribution in [0.15, 0.2) is 0 Å². The van der Waals surface area contributed by atoms with Gasteiger partial charge in [0.05, 0.1) is 0 Å². The van der Waals surface area contributed by atoms with E-state index in [2.05, 4.69) is 27.7 Å². The Bertz CT molecular complexity index is 99.7. The molecule has 0 saturated heterocycles. The highest BCUT2D eigenvalue weighted by Gasteiger charge is 2.09. The molecule has 0 saturated carbocycles. The van der Waals surface area contributed by atoms with Crippen molar-refractivity contribution in [1.29, 1.82) is 0 Å². The van der Waals surface area contributed by atoms with Crippen LogP contribution in [-0.4, -0.2) is 11.3 Å². The van der Waals surface area contributed by atoms with Crippen LogP contribution in [0.2, 0.25) is 0 Å². The third-order valence-electron chi connectivity index (χ3n) is 0.369. The molecular weight excluding hydrogens is 100 g/mol. The molecule has 0 spiro atoms. The van der Waals surface area contributed by atoms with E-state index < -0.39 is 0 Å². The van der Waals surface area contributed by atoms with Gasteiger partial charge in [-0.1, -0.05) is 0 Å². The first-order valence-corrected chi connectivity index (χ1v) is 1.79. The highest BCUT2D eigenvalue weighted by atomic mass is 32.1. The molecule has 1 N–H and O–H groups in total. The number of rotatable bonds is 0. The molecule has 0 aromatic heterocycles. The second-order valence-corrected chi connectivity index (χ2v) is 1.17. The largest absolute Gasteiger partial charge is 0.334 e. The standard InChI is InChI=1S/C2H2N2OS/c6-2-1-3-4-5-2/h1,4H/q+1. The summed E-state index contributed by atoms with van der Waals surface area (Å²) in [6, 6.07) is 0. The van der Waals surface area contributed by atoms with Gasteiger partial charge in [-0.15, -0.1) is 0 Å². The van der Waals surface area contributed by atoms with E-state index in [1.807, 2.05) is 0 Å². The average molecular weight is 102 g/mol. The van der Waals surface area contributed by atoms with Gasteiger partial charge in [0.1, 0.15) is 0 Å². The molecule has 1 rings (SSSR count). The lowest BCUT2D eigenvalue weighted by molar-refractivity contribution is 0.192. The summed E-state index contributed by atoms with van der Waals surface area (Å²) in [6.45, 7) is 0. The summed E-state index contributed by atoms with van der Waals surface area (Å²) in [5.74, 6) is 0. The predicted molar refractivity (Wildman–Crippen MR) is 25.0 cm³/mol. The monoisotopic (exact) mass is 102 g/mol. The predicted octanol–water partition coefficient (Wildman–Crippen LogP) is -0.830. The van der Waals surface area contributed by atoms with Crippen LogP contribution in [0.3, 0.4) is 0 Å². The quantitative estimate of drug-likeness (QED) is 0.405. The maximum Gasteiger partial charge on any atom is 0.334 e. The Hall–Kier alpha value is -0.640. The van der Waals surface area contributed by atoms with E-state index in [9.17, 15) is 0 Å². The van der Waals surface area contributed by atoms with Gasteiger partial charge in [-0.2, -0.15) is 0 Å².